The van der Waals surface area contributed by atoms with Crippen LogP contribution in [-0.2, 0) is 0 Å². The fourth-order valence-electron chi connectivity index (χ4n) is 3.02. The van der Waals surface area contributed by atoms with E-state index in [0.717, 1.165) is 58.4 Å². The highest BCUT2D eigenvalue weighted by Crippen LogP contribution is 2.18. The second-order valence-corrected chi connectivity index (χ2v) is 6.23. The predicted octanol–water partition coefficient (Wildman–Crippen LogP) is 2.07. The van der Waals surface area contributed by atoms with Crippen molar-refractivity contribution in [3.63, 3.8) is 0 Å². The normalized spacial score (nSPS) is 24.2. The van der Waals surface area contributed by atoms with Gasteiger partial charge in [0.15, 0.2) is 0 Å². The molecule has 1 saturated heterocycles. The first kappa shape index (κ1) is 17.4. The molecule has 0 aromatic heterocycles. The summed E-state index contributed by atoms with van der Waals surface area (Å²) in [5.74, 6) is 0. The Kier molecular flexibility index (Phi) is 7.50. The first-order valence-electron chi connectivity index (χ1n) is 8.15. The van der Waals surface area contributed by atoms with Gasteiger partial charge < -0.3 is 4.90 Å². The minimum atomic E-state index is -0.314. The predicted molar refractivity (Wildman–Crippen MR) is 84.7 cm³/mol. The van der Waals surface area contributed by atoms with Crippen molar-refractivity contribution in [2.45, 2.75) is 58.0 Å². The van der Waals surface area contributed by atoms with Crippen LogP contribution < -0.4 is 5.32 Å². The van der Waals surface area contributed by atoms with Crippen LogP contribution in [0.5, 0.6) is 0 Å². The summed E-state index contributed by atoms with van der Waals surface area (Å²) >= 11 is 0. The van der Waals surface area contributed by atoms with Gasteiger partial charge in [0.1, 0.15) is 5.54 Å². The van der Waals surface area contributed by atoms with Crippen LogP contribution in [0, 0.1) is 11.3 Å². The molecular formula is C16H32N4. The van der Waals surface area contributed by atoms with E-state index < -0.39 is 0 Å². The van der Waals surface area contributed by atoms with Crippen molar-refractivity contribution in [3.8, 4) is 6.07 Å². The van der Waals surface area contributed by atoms with Gasteiger partial charge in [-0.15, -0.1) is 0 Å². The first-order valence-corrected chi connectivity index (χ1v) is 8.15. The third-order valence-electron chi connectivity index (χ3n) is 4.55. The second kappa shape index (κ2) is 8.61. The summed E-state index contributed by atoms with van der Waals surface area (Å²) in [7, 11) is 2.19. The minimum absolute atomic E-state index is 0.314. The number of hydrogen-bond acceptors (Lipinski definition) is 4. The molecule has 0 aliphatic carbocycles. The van der Waals surface area contributed by atoms with Crippen molar-refractivity contribution >= 4 is 0 Å². The molecule has 0 saturated carbocycles. The van der Waals surface area contributed by atoms with E-state index in [1.54, 1.807) is 0 Å². The highest BCUT2D eigenvalue weighted by Gasteiger charge is 2.27. The summed E-state index contributed by atoms with van der Waals surface area (Å²) < 4.78 is 0. The largest absolute Gasteiger partial charge is 0.304 e. The molecule has 4 nitrogen and oxygen atoms in total. The van der Waals surface area contributed by atoms with Crippen LogP contribution in [0.4, 0.5) is 0 Å². The van der Waals surface area contributed by atoms with Gasteiger partial charge in [0.05, 0.1) is 6.07 Å². The minimum Gasteiger partial charge on any atom is -0.304 e. The van der Waals surface area contributed by atoms with Crippen molar-refractivity contribution in [1.29, 1.82) is 5.26 Å². The monoisotopic (exact) mass is 280 g/mol. The number of hydrogen-bond donors (Lipinski definition) is 1. The Labute approximate surface area is 125 Å². The molecule has 1 aliphatic rings. The van der Waals surface area contributed by atoms with Gasteiger partial charge in [-0.2, -0.15) is 5.26 Å². The summed E-state index contributed by atoms with van der Waals surface area (Å²) in [6.45, 7) is 12.1. The van der Waals surface area contributed by atoms with Gasteiger partial charge >= 0.3 is 0 Å². The Morgan fingerprint density at radius 1 is 1.35 bits per heavy atom. The number of piperazine rings is 1. The zero-order valence-corrected chi connectivity index (χ0v) is 13.8. The molecule has 1 aliphatic heterocycles. The second-order valence-electron chi connectivity index (χ2n) is 6.23. The zero-order valence-electron chi connectivity index (χ0n) is 13.8. The number of nitrogens with one attached hydrogen (secondary N) is 1. The van der Waals surface area contributed by atoms with E-state index in [0.29, 0.717) is 6.04 Å². The lowest BCUT2D eigenvalue weighted by Gasteiger charge is -2.38. The van der Waals surface area contributed by atoms with E-state index in [1.807, 2.05) is 0 Å². The van der Waals surface area contributed by atoms with E-state index >= 15 is 0 Å². The third-order valence-corrected chi connectivity index (χ3v) is 4.55. The van der Waals surface area contributed by atoms with Crippen LogP contribution in [0.3, 0.4) is 0 Å². The number of nitriles is 1. The molecule has 116 valence electrons. The van der Waals surface area contributed by atoms with Gasteiger partial charge in [0, 0.05) is 25.7 Å². The Balaban J connectivity index is 2.39. The Hall–Kier alpha value is -0.630. The Morgan fingerprint density at radius 2 is 2.10 bits per heavy atom. The molecule has 1 N–H and O–H groups in total. The maximum atomic E-state index is 9.49. The summed E-state index contributed by atoms with van der Waals surface area (Å²) in [6.07, 6.45) is 4.03. The van der Waals surface area contributed by atoms with Crippen molar-refractivity contribution in [2.24, 2.45) is 0 Å². The SMILES string of the molecule is CCCNC(C#N)(CC)CCCN1CCN(C)CC1C. The molecule has 0 bridgehead atoms. The Morgan fingerprint density at radius 3 is 2.65 bits per heavy atom. The van der Waals surface area contributed by atoms with Crippen molar-refractivity contribution in [3.05, 3.63) is 0 Å². The molecule has 1 heterocycles. The third kappa shape index (κ3) is 5.05. The van der Waals surface area contributed by atoms with Crippen molar-refractivity contribution in [1.82, 2.24) is 15.1 Å². The van der Waals surface area contributed by atoms with Crippen LogP contribution in [0.2, 0.25) is 0 Å². The van der Waals surface area contributed by atoms with E-state index in [2.05, 4.69) is 49.0 Å². The Bertz CT molecular complexity index is 312. The molecule has 1 fully saturated rings. The number of nitrogens with zero attached hydrogens (tertiary/aromatic N) is 3. The highest BCUT2D eigenvalue weighted by molar-refractivity contribution is 5.06. The van der Waals surface area contributed by atoms with Gasteiger partial charge in [0.25, 0.3) is 0 Å². The lowest BCUT2D eigenvalue weighted by atomic mass is 9.91. The summed E-state index contributed by atoms with van der Waals surface area (Å²) in [5.41, 5.74) is -0.314. The summed E-state index contributed by atoms with van der Waals surface area (Å²) in [4.78, 5) is 4.97. The quantitative estimate of drug-likeness (QED) is 0.739. The molecule has 2 unspecified atom stereocenters. The van der Waals surface area contributed by atoms with Gasteiger partial charge in [-0.3, -0.25) is 10.2 Å². The molecule has 0 spiro atoms. The van der Waals surface area contributed by atoms with Crippen LogP contribution in [0.1, 0.15) is 46.5 Å². The lowest BCUT2D eigenvalue weighted by molar-refractivity contribution is 0.0966. The molecule has 0 radical (unpaired) electrons. The maximum Gasteiger partial charge on any atom is 0.106 e. The molecule has 0 amide bonds. The topological polar surface area (TPSA) is 42.3 Å². The van der Waals surface area contributed by atoms with Gasteiger partial charge in [-0.1, -0.05) is 13.8 Å². The average molecular weight is 280 g/mol. The van der Waals surface area contributed by atoms with E-state index in [-0.39, 0.29) is 5.54 Å². The molecular weight excluding hydrogens is 248 g/mol. The van der Waals surface area contributed by atoms with Gasteiger partial charge in [0.2, 0.25) is 0 Å². The fraction of sp³-hybridized carbons (Fsp3) is 0.938. The highest BCUT2D eigenvalue weighted by atomic mass is 15.3. The molecule has 1 rings (SSSR count). The van der Waals surface area contributed by atoms with Gasteiger partial charge in [-0.25, -0.2) is 0 Å². The van der Waals surface area contributed by atoms with E-state index in [1.165, 1.54) is 0 Å². The summed E-state index contributed by atoms with van der Waals surface area (Å²) in [5, 5.41) is 12.9. The molecule has 2 atom stereocenters. The molecule has 4 heteroatoms. The standard InChI is InChI=1S/C16H32N4/c1-5-9-18-16(6-2,14-17)8-7-10-20-12-11-19(4)13-15(20)3/h15,18H,5-13H2,1-4H3. The summed E-state index contributed by atoms with van der Waals surface area (Å²) in [6, 6.07) is 3.15. The average Bonchev–Trinajstić information content (AvgIpc) is 2.45. The van der Waals surface area contributed by atoms with Crippen LogP contribution in [-0.4, -0.2) is 61.2 Å². The first-order chi connectivity index (χ1) is 9.56. The molecule has 0 aromatic rings. The van der Waals surface area contributed by atoms with Crippen LogP contribution in [0.25, 0.3) is 0 Å². The number of likely N-dealkylation sites (N-methyl/N-ethyl adjacent to an activating group) is 1. The number of rotatable bonds is 8. The fourth-order valence-corrected chi connectivity index (χ4v) is 3.02. The van der Waals surface area contributed by atoms with E-state index in [4.69, 9.17) is 0 Å². The zero-order chi connectivity index (χ0) is 15.0. The van der Waals surface area contributed by atoms with Gasteiger partial charge in [-0.05, 0) is 52.7 Å². The van der Waals surface area contributed by atoms with E-state index in [9.17, 15) is 5.26 Å². The van der Waals surface area contributed by atoms with Crippen molar-refractivity contribution in [2.75, 3.05) is 39.8 Å². The lowest BCUT2D eigenvalue weighted by Crippen LogP contribution is -2.51. The molecule has 20 heavy (non-hydrogen) atoms. The maximum absolute atomic E-state index is 9.49. The van der Waals surface area contributed by atoms with Crippen LogP contribution in [0.15, 0.2) is 0 Å². The smallest absolute Gasteiger partial charge is 0.106 e. The van der Waals surface area contributed by atoms with Crippen molar-refractivity contribution < 1.29 is 0 Å². The van der Waals surface area contributed by atoms with Crippen LogP contribution >= 0.6 is 0 Å². The molecule has 0 aromatic carbocycles.